The lowest BCUT2D eigenvalue weighted by molar-refractivity contribution is 0.105. The number of aromatic nitrogens is 1. The molecule has 138 valence electrons. The highest BCUT2D eigenvalue weighted by Gasteiger charge is 2.18. The molecule has 4 heteroatoms. The van der Waals surface area contributed by atoms with Gasteiger partial charge in [0.1, 0.15) is 10.8 Å². The van der Waals surface area contributed by atoms with E-state index >= 15 is 0 Å². The first-order chi connectivity index (χ1) is 13.7. The Kier molecular flexibility index (Phi) is 5.31. The van der Waals surface area contributed by atoms with E-state index in [1.54, 1.807) is 0 Å². The summed E-state index contributed by atoms with van der Waals surface area (Å²) in [6.45, 7) is 2.58. The summed E-state index contributed by atoms with van der Waals surface area (Å²) in [6, 6.07) is 25.0. The summed E-state index contributed by atoms with van der Waals surface area (Å²) in [4.78, 5) is 18.0. The van der Waals surface area contributed by atoms with Crippen molar-refractivity contribution in [2.24, 2.45) is 0 Å². The molecular weight excluding hydrogens is 366 g/mol. The van der Waals surface area contributed by atoms with E-state index in [1.807, 2.05) is 91.9 Å². The van der Waals surface area contributed by atoms with Crippen LogP contribution in [0.25, 0.3) is 21.9 Å². The Hall–Kier alpha value is -3.24. The molecule has 0 saturated heterocycles. The quantitative estimate of drug-likeness (QED) is 0.296. The summed E-state index contributed by atoms with van der Waals surface area (Å²) >= 11 is 1.53. The number of benzene rings is 3. The standard InChI is InChI=1S/C24H19NO2S/c1-2-27-19-14-12-17(13-15-19)16-20(23(26)18-8-4-3-5-9-18)24-25-21-10-6-7-11-22(21)28-24/h3-16H,2H2,1H3/b20-16-. The normalized spacial score (nSPS) is 11.5. The first-order valence-electron chi connectivity index (χ1n) is 9.15. The number of ketones is 1. The zero-order chi connectivity index (χ0) is 19.3. The van der Waals surface area contributed by atoms with E-state index in [0.29, 0.717) is 17.7 Å². The molecule has 3 aromatic carbocycles. The van der Waals surface area contributed by atoms with Crippen molar-refractivity contribution in [1.29, 1.82) is 0 Å². The molecule has 0 atom stereocenters. The second-order valence-corrected chi connectivity index (χ2v) is 7.27. The predicted octanol–water partition coefficient (Wildman–Crippen LogP) is 6.12. The number of thiazole rings is 1. The Balaban J connectivity index is 1.79. The Morgan fingerprint density at radius 2 is 1.68 bits per heavy atom. The molecule has 0 aliphatic heterocycles. The van der Waals surface area contributed by atoms with Crippen LogP contribution in [-0.2, 0) is 0 Å². The van der Waals surface area contributed by atoms with Crippen LogP contribution in [0.3, 0.4) is 0 Å². The molecule has 4 aromatic rings. The van der Waals surface area contributed by atoms with E-state index in [2.05, 4.69) is 0 Å². The Morgan fingerprint density at radius 1 is 0.964 bits per heavy atom. The maximum absolute atomic E-state index is 13.3. The fraction of sp³-hybridized carbons (Fsp3) is 0.0833. The number of fused-ring (bicyclic) bond motifs is 1. The van der Waals surface area contributed by atoms with Crippen molar-refractivity contribution in [2.45, 2.75) is 6.92 Å². The van der Waals surface area contributed by atoms with Crippen LogP contribution in [0.15, 0.2) is 78.9 Å². The highest BCUT2D eigenvalue weighted by molar-refractivity contribution is 7.20. The lowest BCUT2D eigenvalue weighted by atomic mass is 10.0. The Morgan fingerprint density at radius 3 is 2.39 bits per heavy atom. The maximum Gasteiger partial charge on any atom is 0.196 e. The molecule has 4 rings (SSSR count). The minimum Gasteiger partial charge on any atom is -0.494 e. The summed E-state index contributed by atoms with van der Waals surface area (Å²) in [6.07, 6.45) is 1.91. The first-order valence-corrected chi connectivity index (χ1v) is 9.96. The van der Waals surface area contributed by atoms with Crippen LogP contribution in [0.5, 0.6) is 5.75 Å². The average molecular weight is 385 g/mol. The molecule has 0 saturated carbocycles. The van der Waals surface area contributed by atoms with Crippen LogP contribution in [-0.4, -0.2) is 17.4 Å². The molecule has 0 fully saturated rings. The lowest BCUT2D eigenvalue weighted by Crippen LogP contribution is -2.02. The maximum atomic E-state index is 13.3. The third-order valence-electron chi connectivity index (χ3n) is 4.31. The molecule has 3 nitrogen and oxygen atoms in total. The lowest BCUT2D eigenvalue weighted by Gasteiger charge is -2.06. The van der Waals surface area contributed by atoms with E-state index in [9.17, 15) is 4.79 Å². The third-order valence-corrected chi connectivity index (χ3v) is 5.38. The van der Waals surface area contributed by atoms with E-state index in [4.69, 9.17) is 9.72 Å². The SMILES string of the molecule is CCOc1ccc(/C=C(/C(=O)c2ccccc2)c2nc3ccccc3s2)cc1. The summed E-state index contributed by atoms with van der Waals surface area (Å²) in [7, 11) is 0. The molecule has 0 N–H and O–H groups in total. The molecule has 28 heavy (non-hydrogen) atoms. The number of carbonyl (C=O) groups excluding carboxylic acids is 1. The smallest absolute Gasteiger partial charge is 0.196 e. The highest BCUT2D eigenvalue weighted by Crippen LogP contribution is 2.31. The summed E-state index contributed by atoms with van der Waals surface area (Å²) in [5, 5.41) is 0.726. The minimum atomic E-state index is -0.0338. The van der Waals surface area contributed by atoms with Gasteiger partial charge in [0.25, 0.3) is 0 Å². The van der Waals surface area contributed by atoms with Crippen molar-refractivity contribution in [1.82, 2.24) is 4.98 Å². The molecule has 0 aliphatic carbocycles. The summed E-state index contributed by atoms with van der Waals surface area (Å²) in [5.74, 6) is 0.782. The van der Waals surface area contributed by atoms with Crippen LogP contribution in [0.4, 0.5) is 0 Å². The zero-order valence-electron chi connectivity index (χ0n) is 15.5. The number of nitrogens with zero attached hydrogens (tertiary/aromatic N) is 1. The third kappa shape index (κ3) is 3.87. The second-order valence-electron chi connectivity index (χ2n) is 6.24. The number of Topliss-reactive ketones (excluding diaryl/α,β-unsaturated/α-hetero) is 1. The van der Waals surface area contributed by atoms with Gasteiger partial charge in [-0.2, -0.15) is 0 Å². The first kappa shape index (κ1) is 18.1. The molecule has 0 radical (unpaired) electrons. The van der Waals surface area contributed by atoms with Gasteiger partial charge >= 0.3 is 0 Å². The number of para-hydroxylation sites is 1. The topological polar surface area (TPSA) is 39.2 Å². The summed E-state index contributed by atoms with van der Waals surface area (Å²) < 4.78 is 6.57. The second kappa shape index (κ2) is 8.19. The van der Waals surface area contributed by atoms with Gasteiger partial charge in [0.15, 0.2) is 5.78 Å². The summed E-state index contributed by atoms with van der Waals surface area (Å²) in [5.41, 5.74) is 3.08. The van der Waals surface area contributed by atoms with Crippen molar-refractivity contribution in [3.05, 3.63) is 95.0 Å². The van der Waals surface area contributed by atoms with Crippen molar-refractivity contribution >= 4 is 39.0 Å². The largest absolute Gasteiger partial charge is 0.494 e. The minimum absolute atomic E-state index is 0.0338. The Labute approximate surface area is 167 Å². The van der Waals surface area contributed by atoms with Gasteiger partial charge in [-0.05, 0) is 42.8 Å². The van der Waals surface area contributed by atoms with Crippen molar-refractivity contribution in [3.63, 3.8) is 0 Å². The van der Waals surface area contributed by atoms with E-state index in [1.165, 1.54) is 11.3 Å². The predicted molar refractivity (Wildman–Crippen MR) is 116 cm³/mol. The van der Waals surface area contributed by atoms with Crippen LogP contribution >= 0.6 is 11.3 Å². The van der Waals surface area contributed by atoms with Crippen LogP contribution in [0, 0.1) is 0 Å². The molecule has 1 heterocycles. The van der Waals surface area contributed by atoms with Gasteiger partial charge in [0.05, 0.1) is 22.4 Å². The fourth-order valence-corrected chi connectivity index (χ4v) is 3.93. The molecule has 0 bridgehead atoms. The number of hydrogen-bond donors (Lipinski definition) is 0. The van der Waals surface area contributed by atoms with Crippen molar-refractivity contribution in [2.75, 3.05) is 6.61 Å². The molecule has 0 aliphatic rings. The monoisotopic (exact) mass is 385 g/mol. The van der Waals surface area contributed by atoms with Gasteiger partial charge < -0.3 is 4.74 Å². The highest BCUT2D eigenvalue weighted by atomic mass is 32.1. The van der Waals surface area contributed by atoms with Gasteiger partial charge in [-0.25, -0.2) is 4.98 Å². The van der Waals surface area contributed by atoms with E-state index < -0.39 is 0 Å². The number of allylic oxidation sites excluding steroid dienone is 1. The molecule has 1 aromatic heterocycles. The number of rotatable bonds is 6. The van der Waals surface area contributed by atoms with E-state index in [-0.39, 0.29) is 5.78 Å². The van der Waals surface area contributed by atoms with Crippen molar-refractivity contribution in [3.8, 4) is 5.75 Å². The van der Waals surface area contributed by atoms with E-state index in [0.717, 1.165) is 26.5 Å². The van der Waals surface area contributed by atoms with Crippen LogP contribution in [0.1, 0.15) is 27.9 Å². The van der Waals surface area contributed by atoms with Gasteiger partial charge in [0.2, 0.25) is 0 Å². The average Bonchev–Trinajstić information content (AvgIpc) is 3.17. The number of carbonyl (C=O) groups is 1. The number of ether oxygens (including phenoxy) is 1. The molecule has 0 unspecified atom stereocenters. The molecule has 0 spiro atoms. The fourth-order valence-electron chi connectivity index (χ4n) is 2.95. The van der Waals surface area contributed by atoms with Crippen molar-refractivity contribution < 1.29 is 9.53 Å². The van der Waals surface area contributed by atoms with Gasteiger partial charge in [-0.15, -0.1) is 11.3 Å². The van der Waals surface area contributed by atoms with Gasteiger partial charge in [0, 0.05) is 5.56 Å². The molecule has 0 amide bonds. The van der Waals surface area contributed by atoms with Crippen LogP contribution in [0.2, 0.25) is 0 Å². The molecular formula is C24H19NO2S. The van der Waals surface area contributed by atoms with Gasteiger partial charge in [-0.1, -0.05) is 54.6 Å². The number of hydrogen-bond acceptors (Lipinski definition) is 4. The van der Waals surface area contributed by atoms with Crippen LogP contribution < -0.4 is 4.74 Å². The zero-order valence-corrected chi connectivity index (χ0v) is 16.3. The Bertz CT molecular complexity index is 1100. The van der Waals surface area contributed by atoms with Gasteiger partial charge in [-0.3, -0.25) is 4.79 Å².